The zero-order chi connectivity index (χ0) is 25.7. The van der Waals surface area contributed by atoms with Crippen molar-refractivity contribution in [1.29, 1.82) is 0 Å². The Balaban J connectivity index is 0.000000245. The first-order valence-electron chi connectivity index (χ1n) is 12.7. The molecular weight excluding hydrogens is 452 g/mol. The van der Waals surface area contributed by atoms with E-state index < -0.39 is 0 Å². The highest BCUT2D eigenvalue weighted by Crippen LogP contribution is 2.34. The van der Waals surface area contributed by atoms with Crippen LogP contribution in [0.15, 0.2) is 133 Å². The Morgan fingerprint density at radius 1 is 0.541 bits per heavy atom. The summed E-state index contributed by atoms with van der Waals surface area (Å²) in [6, 6.07) is 46.9. The van der Waals surface area contributed by atoms with Crippen molar-refractivity contribution >= 4 is 0 Å². The standard InChI is InChI=1S/C26H22.C9H12O2/c1-20-9-8-14-24(17-20)26-19-22(18-21-10-4-2-5-11-21)15-16-25(26)23-12-6-3-7-13-23;10-6-7-11-8-9-4-2-1-3-5-9/h2-17,19H,18H2,1H3;1-5,10H,6-8H2. The molecule has 0 aliphatic carbocycles. The molecule has 0 radical (unpaired) electrons. The maximum atomic E-state index is 8.42. The molecule has 0 atom stereocenters. The Kier molecular flexibility index (Phi) is 9.83. The van der Waals surface area contributed by atoms with Crippen LogP contribution in [0.1, 0.15) is 22.3 Å². The third-order valence-electron chi connectivity index (χ3n) is 6.10. The second-order valence-electron chi connectivity index (χ2n) is 9.04. The van der Waals surface area contributed by atoms with Crippen LogP contribution in [0.2, 0.25) is 0 Å². The van der Waals surface area contributed by atoms with Gasteiger partial charge < -0.3 is 9.84 Å². The SMILES string of the molecule is Cc1cccc(-c2cc(Cc3ccccc3)ccc2-c2ccccc2)c1.OCCOCc1ccccc1. The first kappa shape index (κ1) is 26.1. The number of aliphatic hydroxyl groups excluding tert-OH is 1. The highest BCUT2D eigenvalue weighted by atomic mass is 16.5. The molecule has 0 heterocycles. The summed E-state index contributed by atoms with van der Waals surface area (Å²) in [5.74, 6) is 0. The summed E-state index contributed by atoms with van der Waals surface area (Å²) < 4.78 is 5.12. The fraction of sp³-hybridized carbons (Fsp3) is 0.143. The van der Waals surface area contributed by atoms with Crippen LogP contribution in [0.4, 0.5) is 0 Å². The van der Waals surface area contributed by atoms with Crippen LogP contribution in [0, 0.1) is 6.92 Å². The molecule has 0 spiro atoms. The Hall–Kier alpha value is -3.98. The Bertz CT molecular complexity index is 1350. The molecule has 0 aliphatic heterocycles. The van der Waals surface area contributed by atoms with Gasteiger partial charge in [0.15, 0.2) is 0 Å². The predicted octanol–water partition coefficient (Wildman–Crippen LogP) is 8.12. The molecule has 5 aromatic rings. The van der Waals surface area contributed by atoms with Gasteiger partial charge in [0.25, 0.3) is 0 Å². The molecule has 2 nitrogen and oxygen atoms in total. The minimum Gasteiger partial charge on any atom is -0.394 e. The van der Waals surface area contributed by atoms with Gasteiger partial charge >= 0.3 is 0 Å². The average molecular weight is 487 g/mol. The summed E-state index contributed by atoms with van der Waals surface area (Å²) in [6.45, 7) is 3.24. The second kappa shape index (κ2) is 13.9. The van der Waals surface area contributed by atoms with Crippen LogP contribution in [0.3, 0.4) is 0 Å². The fourth-order valence-electron chi connectivity index (χ4n) is 4.28. The molecule has 0 fully saturated rings. The van der Waals surface area contributed by atoms with E-state index in [1.54, 1.807) is 0 Å². The van der Waals surface area contributed by atoms with Gasteiger partial charge in [0, 0.05) is 0 Å². The molecule has 1 N–H and O–H groups in total. The molecule has 2 heteroatoms. The van der Waals surface area contributed by atoms with Crippen molar-refractivity contribution in [3.05, 3.63) is 156 Å². The number of hydrogen-bond acceptors (Lipinski definition) is 2. The van der Waals surface area contributed by atoms with E-state index in [9.17, 15) is 0 Å². The lowest BCUT2D eigenvalue weighted by atomic mass is 9.91. The number of rotatable bonds is 8. The molecule has 0 aliphatic rings. The summed E-state index contributed by atoms with van der Waals surface area (Å²) in [6.07, 6.45) is 0.953. The minimum atomic E-state index is 0.0901. The Morgan fingerprint density at radius 3 is 1.81 bits per heavy atom. The maximum Gasteiger partial charge on any atom is 0.0718 e. The number of benzene rings is 5. The largest absolute Gasteiger partial charge is 0.394 e. The van der Waals surface area contributed by atoms with Crippen LogP contribution >= 0.6 is 0 Å². The first-order chi connectivity index (χ1) is 18.2. The lowest BCUT2D eigenvalue weighted by Crippen LogP contribution is -1.98. The average Bonchev–Trinajstić information content (AvgIpc) is 2.95. The third-order valence-corrected chi connectivity index (χ3v) is 6.10. The summed E-state index contributed by atoms with van der Waals surface area (Å²) >= 11 is 0. The van der Waals surface area contributed by atoms with Gasteiger partial charge in [-0.1, -0.05) is 139 Å². The highest BCUT2D eigenvalue weighted by molar-refractivity contribution is 5.84. The van der Waals surface area contributed by atoms with Crippen molar-refractivity contribution in [3.8, 4) is 22.3 Å². The van der Waals surface area contributed by atoms with Crippen molar-refractivity contribution in [2.45, 2.75) is 20.0 Å². The molecule has 0 unspecified atom stereocenters. The Morgan fingerprint density at radius 2 is 1.16 bits per heavy atom. The third kappa shape index (κ3) is 8.01. The summed E-state index contributed by atoms with van der Waals surface area (Å²) in [5.41, 5.74) is 10.2. The smallest absolute Gasteiger partial charge is 0.0718 e. The molecule has 0 aromatic heterocycles. The maximum absolute atomic E-state index is 8.42. The lowest BCUT2D eigenvalue weighted by Gasteiger charge is -2.14. The number of aryl methyl sites for hydroxylation is 1. The molecule has 5 aromatic carbocycles. The van der Waals surface area contributed by atoms with Gasteiger partial charge in [-0.15, -0.1) is 0 Å². The van der Waals surface area contributed by atoms with E-state index in [0.29, 0.717) is 13.2 Å². The monoisotopic (exact) mass is 486 g/mol. The molecule has 0 bridgehead atoms. The summed E-state index contributed by atoms with van der Waals surface area (Å²) in [5, 5.41) is 8.42. The van der Waals surface area contributed by atoms with E-state index in [0.717, 1.165) is 12.0 Å². The van der Waals surface area contributed by atoms with Crippen LogP contribution in [-0.2, 0) is 17.8 Å². The summed E-state index contributed by atoms with van der Waals surface area (Å²) in [4.78, 5) is 0. The van der Waals surface area contributed by atoms with Crippen molar-refractivity contribution in [2.75, 3.05) is 13.2 Å². The minimum absolute atomic E-state index is 0.0901. The fourth-order valence-corrected chi connectivity index (χ4v) is 4.28. The molecule has 186 valence electrons. The quantitative estimate of drug-likeness (QED) is 0.224. The van der Waals surface area contributed by atoms with Crippen LogP contribution in [-0.4, -0.2) is 18.3 Å². The number of ether oxygens (including phenoxy) is 1. The van der Waals surface area contributed by atoms with E-state index in [1.807, 2.05) is 30.3 Å². The Labute approximate surface area is 220 Å². The topological polar surface area (TPSA) is 29.5 Å². The number of aliphatic hydroxyl groups is 1. The highest BCUT2D eigenvalue weighted by Gasteiger charge is 2.09. The molecule has 0 amide bonds. The van der Waals surface area contributed by atoms with Crippen molar-refractivity contribution in [2.24, 2.45) is 0 Å². The van der Waals surface area contributed by atoms with Crippen LogP contribution in [0.25, 0.3) is 22.3 Å². The second-order valence-corrected chi connectivity index (χ2v) is 9.04. The summed E-state index contributed by atoms with van der Waals surface area (Å²) in [7, 11) is 0. The van der Waals surface area contributed by atoms with Gasteiger partial charge in [-0.2, -0.15) is 0 Å². The van der Waals surface area contributed by atoms with E-state index in [1.165, 1.54) is 38.9 Å². The van der Waals surface area contributed by atoms with Gasteiger partial charge in [-0.25, -0.2) is 0 Å². The molecule has 37 heavy (non-hydrogen) atoms. The van der Waals surface area contributed by atoms with Crippen molar-refractivity contribution in [1.82, 2.24) is 0 Å². The van der Waals surface area contributed by atoms with Gasteiger partial charge in [-0.05, 0) is 52.3 Å². The zero-order valence-electron chi connectivity index (χ0n) is 21.4. The van der Waals surface area contributed by atoms with Crippen LogP contribution < -0.4 is 0 Å². The van der Waals surface area contributed by atoms with E-state index in [-0.39, 0.29) is 6.61 Å². The van der Waals surface area contributed by atoms with Crippen molar-refractivity contribution < 1.29 is 9.84 Å². The first-order valence-corrected chi connectivity index (χ1v) is 12.7. The van der Waals surface area contributed by atoms with E-state index in [2.05, 4.69) is 110 Å². The van der Waals surface area contributed by atoms with Crippen LogP contribution in [0.5, 0.6) is 0 Å². The number of hydrogen-bond donors (Lipinski definition) is 1. The van der Waals surface area contributed by atoms with Gasteiger partial charge in [0.05, 0.1) is 19.8 Å². The molecule has 0 saturated carbocycles. The van der Waals surface area contributed by atoms with E-state index in [4.69, 9.17) is 9.84 Å². The molecule has 0 saturated heterocycles. The van der Waals surface area contributed by atoms with Gasteiger partial charge in [-0.3, -0.25) is 0 Å². The van der Waals surface area contributed by atoms with Gasteiger partial charge in [0.2, 0.25) is 0 Å². The lowest BCUT2D eigenvalue weighted by molar-refractivity contribution is 0.0815. The van der Waals surface area contributed by atoms with E-state index >= 15 is 0 Å². The molecular formula is C35H34O2. The molecule has 5 rings (SSSR count). The normalized spacial score (nSPS) is 10.4. The predicted molar refractivity (Wildman–Crippen MR) is 154 cm³/mol. The van der Waals surface area contributed by atoms with Crippen molar-refractivity contribution in [3.63, 3.8) is 0 Å². The zero-order valence-corrected chi connectivity index (χ0v) is 21.4. The van der Waals surface area contributed by atoms with Gasteiger partial charge in [0.1, 0.15) is 0 Å².